The van der Waals surface area contributed by atoms with Gasteiger partial charge < -0.3 is 67.2 Å². The molecule has 0 bridgehead atoms. The van der Waals surface area contributed by atoms with E-state index in [2.05, 4.69) is 38.8 Å². The van der Waals surface area contributed by atoms with Gasteiger partial charge in [-0.05, 0) is 69.2 Å². The molecule has 8 amide bonds. The van der Waals surface area contributed by atoms with Gasteiger partial charge in [0, 0.05) is 32.5 Å². The van der Waals surface area contributed by atoms with Crippen LogP contribution in [0.2, 0.25) is 0 Å². The molecule has 2 aliphatic heterocycles. The molecule has 2 aliphatic rings. The van der Waals surface area contributed by atoms with Gasteiger partial charge in [-0.1, -0.05) is 87.6 Å². The first kappa shape index (κ1) is 58.7. The van der Waals surface area contributed by atoms with E-state index in [0.29, 0.717) is 24.8 Å². The van der Waals surface area contributed by atoms with E-state index in [1.165, 1.54) is 54.0 Å². The van der Waals surface area contributed by atoms with Crippen LogP contribution in [0.4, 0.5) is 0 Å². The number of carboxylic acids is 1. The second-order valence-corrected chi connectivity index (χ2v) is 18.3. The Kier molecular flexibility index (Phi) is 23.8. The summed E-state index contributed by atoms with van der Waals surface area (Å²) in [6, 6.07) is 4.36. The van der Waals surface area contributed by atoms with Crippen LogP contribution in [0.25, 0.3) is 0 Å². The van der Waals surface area contributed by atoms with Crippen molar-refractivity contribution in [2.45, 2.75) is 153 Å². The molecule has 22 heteroatoms. The van der Waals surface area contributed by atoms with Gasteiger partial charge in [0.15, 0.2) is 0 Å². The second-order valence-electron chi connectivity index (χ2n) is 18.3. The standard InChI is InChI=1S/C51H72N8O14/c1-4-6-7-8-12-17-35(63)29-42(64)53-36(5-2)49(70)58-25-13-19-41(58)47(68)56-39(30-61)45(66)52-31(3)44(65)57-43(33-20-22-34(62)23-21-33)48(69)55-38(28-32-15-10-9-11-16-32)50(71)59-26-14-18-40(59)46(67)54-37(24-27-60)51(72)73/h5,9-11,15-16,20-23,31,35,37-41,43,60-63H,4,6-8,12-14,17-19,24-30H2,1-3H3,(H,52,66)(H,53,64)(H,54,67)(H,55,69)(H,56,68)(H,57,65)(H,72,73)/b36-5-/t31-,35?,37-,38-,39+,40-,41+,43+/m0/s1. The third-order valence-corrected chi connectivity index (χ3v) is 12.8. The quantitative estimate of drug-likeness (QED) is 0.0404. The summed E-state index contributed by atoms with van der Waals surface area (Å²) in [5.74, 6) is -7.79. The number of likely N-dealkylation sites (tertiary alicyclic amines) is 2. The van der Waals surface area contributed by atoms with Crippen LogP contribution in [0, 0.1) is 0 Å². The van der Waals surface area contributed by atoms with Gasteiger partial charge >= 0.3 is 5.97 Å². The Hall–Kier alpha value is -6.91. The predicted molar refractivity (Wildman–Crippen MR) is 264 cm³/mol. The Morgan fingerprint density at radius 3 is 1.93 bits per heavy atom. The molecule has 4 rings (SSSR count). The van der Waals surface area contributed by atoms with Gasteiger partial charge in [-0.3, -0.25) is 38.4 Å². The number of phenolic OH excluding ortho intramolecular Hbond substituents is 1. The SMILES string of the molecule is C/C=C(\NC(=O)CC(O)CCCCCCC)C(=O)N1CCC[C@@H]1C(=O)N[C@H](CO)C(=O)N[C@@H](C)C(=O)N[C@@H](C(=O)N[C@@H](Cc1ccccc1)C(=O)N1CCC[C@H]1C(=O)N[C@@H](CCO)C(=O)O)c1ccc(O)cc1. The van der Waals surface area contributed by atoms with Crippen LogP contribution >= 0.6 is 0 Å². The highest BCUT2D eigenvalue weighted by Gasteiger charge is 2.41. The van der Waals surface area contributed by atoms with Crippen LogP contribution in [-0.4, -0.2) is 157 Å². The van der Waals surface area contributed by atoms with Crippen LogP contribution in [0.5, 0.6) is 5.75 Å². The number of benzene rings is 2. The zero-order valence-electron chi connectivity index (χ0n) is 41.7. The van der Waals surface area contributed by atoms with E-state index in [9.17, 15) is 68.7 Å². The van der Waals surface area contributed by atoms with Crippen LogP contribution in [-0.2, 0) is 49.6 Å². The van der Waals surface area contributed by atoms with E-state index in [1.807, 2.05) is 0 Å². The fourth-order valence-electron chi connectivity index (χ4n) is 8.73. The molecular formula is C51H72N8O14. The van der Waals surface area contributed by atoms with Gasteiger partial charge in [-0.25, -0.2) is 4.79 Å². The minimum Gasteiger partial charge on any atom is -0.508 e. The molecule has 2 saturated heterocycles. The number of carboxylic acid groups (broad SMARTS) is 1. The van der Waals surface area contributed by atoms with E-state index in [4.69, 9.17) is 0 Å². The number of aliphatic hydroxyl groups excluding tert-OH is 3. The molecule has 0 aromatic heterocycles. The number of nitrogens with one attached hydrogen (secondary N) is 6. The van der Waals surface area contributed by atoms with Gasteiger partial charge in [0.05, 0.1) is 19.1 Å². The number of hydrogen-bond donors (Lipinski definition) is 11. The Balaban J connectivity index is 1.44. The number of aliphatic carboxylic acids is 1. The minimum atomic E-state index is -1.60. The van der Waals surface area contributed by atoms with Gasteiger partial charge in [-0.2, -0.15) is 0 Å². The van der Waals surface area contributed by atoms with Crippen molar-refractivity contribution >= 4 is 53.2 Å². The van der Waals surface area contributed by atoms with Crippen molar-refractivity contribution in [3.05, 3.63) is 77.5 Å². The van der Waals surface area contributed by atoms with E-state index >= 15 is 0 Å². The molecule has 0 radical (unpaired) electrons. The molecule has 0 spiro atoms. The highest BCUT2D eigenvalue weighted by Crippen LogP contribution is 2.23. The number of allylic oxidation sites excluding steroid dienone is 1. The van der Waals surface area contributed by atoms with Gasteiger partial charge in [0.2, 0.25) is 41.4 Å². The van der Waals surface area contributed by atoms with Crippen molar-refractivity contribution in [3.8, 4) is 5.75 Å². The summed E-state index contributed by atoms with van der Waals surface area (Å²) in [6.07, 6.45) is 6.45. The van der Waals surface area contributed by atoms with Gasteiger partial charge in [0.25, 0.3) is 5.91 Å². The second kappa shape index (κ2) is 29.6. The number of carbonyl (C=O) groups is 9. The number of hydrogen-bond acceptors (Lipinski definition) is 13. The number of unbranched alkanes of at least 4 members (excludes halogenated alkanes) is 4. The van der Waals surface area contributed by atoms with Crippen molar-refractivity contribution in [1.29, 1.82) is 0 Å². The molecule has 0 aliphatic carbocycles. The maximum Gasteiger partial charge on any atom is 0.326 e. The van der Waals surface area contributed by atoms with Crippen molar-refractivity contribution < 1.29 is 68.7 Å². The van der Waals surface area contributed by atoms with Crippen molar-refractivity contribution in [2.24, 2.45) is 0 Å². The van der Waals surface area contributed by atoms with Crippen molar-refractivity contribution in [3.63, 3.8) is 0 Å². The van der Waals surface area contributed by atoms with Crippen LogP contribution in [0.3, 0.4) is 0 Å². The molecule has 0 saturated carbocycles. The van der Waals surface area contributed by atoms with E-state index in [-0.39, 0.29) is 62.2 Å². The summed E-state index contributed by atoms with van der Waals surface area (Å²) in [4.78, 5) is 124. The van der Waals surface area contributed by atoms with E-state index in [1.54, 1.807) is 30.3 Å². The Bertz CT molecular complexity index is 2250. The highest BCUT2D eigenvalue weighted by molar-refractivity contribution is 6.01. The number of carbonyl (C=O) groups excluding carboxylic acids is 8. The lowest BCUT2D eigenvalue weighted by molar-refractivity contribution is -0.145. The lowest BCUT2D eigenvalue weighted by atomic mass is 10.0. The minimum absolute atomic E-state index is 0.0698. The summed E-state index contributed by atoms with van der Waals surface area (Å²) < 4.78 is 0. The largest absolute Gasteiger partial charge is 0.508 e. The maximum atomic E-state index is 14.4. The number of aliphatic hydroxyl groups is 3. The molecule has 2 aromatic carbocycles. The molecular weight excluding hydrogens is 949 g/mol. The highest BCUT2D eigenvalue weighted by atomic mass is 16.4. The maximum absolute atomic E-state index is 14.4. The van der Waals surface area contributed by atoms with E-state index in [0.717, 1.165) is 32.1 Å². The van der Waals surface area contributed by atoms with Gasteiger partial charge in [0.1, 0.15) is 53.7 Å². The smallest absolute Gasteiger partial charge is 0.326 e. The third-order valence-electron chi connectivity index (χ3n) is 12.8. The van der Waals surface area contributed by atoms with Crippen LogP contribution < -0.4 is 31.9 Å². The molecule has 73 heavy (non-hydrogen) atoms. The summed E-state index contributed by atoms with van der Waals surface area (Å²) in [6.45, 7) is 3.73. The summed E-state index contributed by atoms with van der Waals surface area (Å²) in [7, 11) is 0. The number of phenols is 1. The average molecular weight is 1020 g/mol. The first-order chi connectivity index (χ1) is 34.9. The molecule has 2 fully saturated rings. The number of rotatable bonds is 28. The lowest BCUT2D eigenvalue weighted by Gasteiger charge is -2.31. The first-order valence-corrected chi connectivity index (χ1v) is 25.0. The van der Waals surface area contributed by atoms with Crippen LogP contribution in [0.1, 0.15) is 115 Å². The van der Waals surface area contributed by atoms with Crippen molar-refractivity contribution in [1.82, 2.24) is 41.7 Å². The molecule has 400 valence electrons. The Labute approximate surface area is 424 Å². The van der Waals surface area contributed by atoms with Gasteiger partial charge in [-0.15, -0.1) is 0 Å². The number of aromatic hydroxyl groups is 1. The average Bonchev–Trinajstić information content (AvgIpc) is 4.08. The monoisotopic (exact) mass is 1020 g/mol. The zero-order chi connectivity index (χ0) is 53.6. The predicted octanol–water partition coefficient (Wildman–Crippen LogP) is 0.324. The normalized spacial score (nSPS) is 18.0. The fraction of sp³-hybridized carbons (Fsp3) is 0.549. The fourth-order valence-corrected chi connectivity index (χ4v) is 8.73. The topological polar surface area (TPSA) is 333 Å². The van der Waals surface area contributed by atoms with Crippen LogP contribution in [0.15, 0.2) is 66.4 Å². The molecule has 2 aromatic rings. The summed E-state index contributed by atoms with van der Waals surface area (Å²) in [5, 5.41) is 64.6. The molecule has 8 atom stereocenters. The third kappa shape index (κ3) is 17.7. The number of amides is 8. The summed E-state index contributed by atoms with van der Waals surface area (Å²) in [5.41, 5.74) is 0.677. The van der Waals surface area contributed by atoms with E-state index < -0.39 is 115 Å². The number of nitrogens with zero attached hydrogens (tertiary/aromatic N) is 2. The first-order valence-electron chi connectivity index (χ1n) is 25.0. The molecule has 22 nitrogen and oxygen atoms in total. The van der Waals surface area contributed by atoms with Crippen molar-refractivity contribution in [2.75, 3.05) is 26.3 Å². The Morgan fingerprint density at radius 1 is 0.712 bits per heavy atom. The molecule has 1 unspecified atom stereocenters. The lowest BCUT2D eigenvalue weighted by Crippen LogP contribution is -2.58. The molecule has 11 N–H and O–H groups in total. The Morgan fingerprint density at radius 2 is 1.33 bits per heavy atom. The zero-order valence-corrected chi connectivity index (χ0v) is 41.7. The molecule has 2 heterocycles. The summed E-state index contributed by atoms with van der Waals surface area (Å²) >= 11 is 0.